The predicted octanol–water partition coefficient (Wildman–Crippen LogP) is 3.81. The quantitative estimate of drug-likeness (QED) is 0.714. The van der Waals surface area contributed by atoms with E-state index >= 15 is 0 Å². The molecule has 3 fully saturated rings. The van der Waals surface area contributed by atoms with Gasteiger partial charge in [-0.05, 0) is 74.5 Å². The number of ether oxygens (including phenoxy) is 1. The van der Waals surface area contributed by atoms with E-state index in [9.17, 15) is 14.4 Å². The lowest BCUT2D eigenvalue weighted by Crippen LogP contribution is -2.59. The average molecular weight is 402 g/mol. The summed E-state index contributed by atoms with van der Waals surface area (Å²) in [7, 11) is 0. The molecule has 1 N–H and O–H groups in total. The number of nitrogens with one attached hydrogen (secondary N) is 1. The van der Waals surface area contributed by atoms with Crippen molar-refractivity contribution in [2.24, 2.45) is 34.5 Å². The molecule has 0 unspecified atom stereocenters. The molecule has 4 rings (SSSR count). The molecule has 4 aliphatic rings. The molecule has 5 nitrogen and oxygen atoms in total. The van der Waals surface area contributed by atoms with E-state index < -0.39 is 5.60 Å². The Kier molecular flexibility index (Phi) is 4.75. The number of allylic oxidation sites excluding steroid dienone is 1. The third-order valence-electron chi connectivity index (χ3n) is 9.31. The molecular weight excluding hydrogens is 366 g/mol. The molecule has 1 amide bonds. The van der Waals surface area contributed by atoms with Gasteiger partial charge in [-0.25, -0.2) is 0 Å². The van der Waals surface area contributed by atoms with Gasteiger partial charge in [-0.1, -0.05) is 26.3 Å². The first-order valence-electron chi connectivity index (χ1n) is 11.3. The van der Waals surface area contributed by atoms with Crippen molar-refractivity contribution in [3.8, 4) is 0 Å². The number of hydrogen-bond acceptors (Lipinski definition) is 4. The summed E-state index contributed by atoms with van der Waals surface area (Å²) >= 11 is 0. The Hall–Kier alpha value is -1.65. The topological polar surface area (TPSA) is 72.5 Å². The van der Waals surface area contributed by atoms with Crippen LogP contribution in [-0.2, 0) is 19.1 Å². The molecule has 29 heavy (non-hydrogen) atoms. The molecular formula is C24H35NO4. The maximum absolute atomic E-state index is 12.8. The summed E-state index contributed by atoms with van der Waals surface area (Å²) in [5.74, 6) is 1.42. The van der Waals surface area contributed by atoms with Crippen molar-refractivity contribution in [3.63, 3.8) is 0 Å². The van der Waals surface area contributed by atoms with Crippen LogP contribution < -0.4 is 5.32 Å². The number of hydrogen-bond donors (Lipinski definition) is 1. The highest BCUT2D eigenvalue weighted by Gasteiger charge is 2.68. The molecule has 3 aliphatic carbocycles. The fourth-order valence-electron chi connectivity index (χ4n) is 8.06. The zero-order valence-electron chi connectivity index (χ0n) is 18.5. The van der Waals surface area contributed by atoms with Crippen molar-refractivity contribution in [2.75, 3.05) is 6.54 Å². The Morgan fingerprint density at radius 1 is 1.10 bits per heavy atom. The van der Waals surface area contributed by atoms with E-state index in [1.165, 1.54) is 12.5 Å². The minimum atomic E-state index is -0.976. The minimum Gasteiger partial charge on any atom is -0.451 e. The van der Waals surface area contributed by atoms with Gasteiger partial charge in [0.15, 0.2) is 11.4 Å². The van der Waals surface area contributed by atoms with E-state index in [1.807, 2.05) is 6.08 Å². The van der Waals surface area contributed by atoms with Crippen LogP contribution in [0, 0.1) is 34.5 Å². The van der Waals surface area contributed by atoms with Gasteiger partial charge in [0.25, 0.3) is 0 Å². The van der Waals surface area contributed by atoms with Crippen LogP contribution in [0.5, 0.6) is 0 Å². The van der Waals surface area contributed by atoms with Crippen LogP contribution in [0.25, 0.3) is 0 Å². The van der Waals surface area contributed by atoms with E-state index in [1.54, 1.807) is 6.92 Å². The zero-order valence-corrected chi connectivity index (χ0v) is 18.5. The van der Waals surface area contributed by atoms with Crippen molar-refractivity contribution in [2.45, 2.75) is 78.7 Å². The van der Waals surface area contributed by atoms with Gasteiger partial charge in [0.2, 0.25) is 5.91 Å². The Balaban J connectivity index is 1.74. The van der Waals surface area contributed by atoms with E-state index in [2.05, 4.69) is 26.1 Å². The molecule has 0 radical (unpaired) electrons. The van der Waals surface area contributed by atoms with Gasteiger partial charge < -0.3 is 10.1 Å². The molecule has 3 saturated carbocycles. The average Bonchev–Trinajstić information content (AvgIpc) is 2.81. The number of Topliss-reactive ketones (excluding diaryl/α,β-unsaturated/α-hetero) is 1. The van der Waals surface area contributed by atoms with Gasteiger partial charge in [0, 0.05) is 25.0 Å². The third kappa shape index (κ3) is 2.75. The van der Waals surface area contributed by atoms with Crippen LogP contribution in [0.3, 0.4) is 0 Å². The highest BCUT2D eigenvalue weighted by molar-refractivity contribution is 5.89. The summed E-state index contributed by atoms with van der Waals surface area (Å²) in [5.41, 5.74) is 0.0524. The van der Waals surface area contributed by atoms with E-state index in [0.717, 1.165) is 38.6 Å². The predicted molar refractivity (Wildman–Crippen MR) is 110 cm³/mol. The van der Waals surface area contributed by atoms with Crippen molar-refractivity contribution in [3.05, 3.63) is 11.6 Å². The Morgan fingerprint density at radius 2 is 1.79 bits per heavy atom. The summed E-state index contributed by atoms with van der Waals surface area (Å²) in [6.45, 7) is 10.5. The first kappa shape index (κ1) is 20.6. The fraction of sp³-hybridized carbons (Fsp3) is 0.792. The largest absolute Gasteiger partial charge is 0.451 e. The minimum absolute atomic E-state index is 0.00364. The lowest BCUT2D eigenvalue weighted by Gasteiger charge is -2.59. The molecule has 7 atom stereocenters. The van der Waals surface area contributed by atoms with Crippen molar-refractivity contribution in [1.29, 1.82) is 0 Å². The summed E-state index contributed by atoms with van der Waals surface area (Å²) in [4.78, 5) is 37.0. The molecule has 5 heteroatoms. The van der Waals surface area contributed by atoms with Gasteiger partial charge in [-0.15, -0.1) is 0 Å². The van der Waals surface area contributed by atoms with Gasteiger partial charge in [0.1, 0.15) is 0 Å². The number of amides is 1. The van der Waals surface area contributed by atoms with Crippen LogP contribution in [0.4, 0.5) is 0 Å². The van der Waals surface area contributed by atoms with Gasteiger partial charge >= 0.3 is 5.97 Å². The lowest BCUT2D eigenvalue weighted by atomic mass is 9.45. The van der Waals surface area contributed by atoms with Crippen LogP contribution in [0.2, 0.25) is 0 Å². The van der Waals surface area contributed by atoms with Gasteiger partial charge in [0.05, 0.1) is 0 Å². The molecule has 1 heterocycles. The number of ketones is 1. The second kappa shape index (κ2) is 6.68. The number of carbonyl (C=O) groups is 3. The fourth-order valence-corrected chi connectivity index (χ4v) is 8.06. The second-order valence-corrected chi connectivity index (χ2v) is 10.5. The van der Waals surface area contributed by atoms with Gasteiger partial charge in [-0.3, -0.25) is 14.4 Å². The standard InChI is InChI=1S/C24H35NO4/c1-14-12-17-18(22(4)10-11-25-21(28)13-20(14)22)6-8-23(5)19(17)7-9-24(23,15(2)26)29-16(3)27/h13-14,17-19H,6-12H2,1-5H3,(H,25,28)/t14-,17+,18-,19-,22+,23-,24-/m0/s1. The SMILES string of the molecule is CC(=O)O[C@]1(C(C)=O)CC[C@H]2[C@@H]3C[C@H](C)C4=CC(=O)NCC[C@]4(C)[C@H]3CC[C@@]21C. The summed E-state index contributed by atoms with van der Waals surface area (Å²) in [6.07, 6.45) is 7.38. The van der Waals surface area contributed by atoms with E-state index in [-0.39, 0.29) is 28.5 Å². The first-order valence-corrected chi connectivity index (χ1v) is 11.3. The molecule has 160 valence electrons. The Bertz CT molecular complexity index is 788. The van der Waals surface area contributed by atoms with Crippen LogP contribution >= 0.6 is 0 Å². The van der Waals surface area contributed by atoms with Crippen molar-refractivity contribution < 1.29 is 19.1 Å². The van der Waals surface area contributed by atoms with Crippen molar-refractivity contribution >= 4 is 17.7 Å². The van der Waals surface area contributed by atoms with Crippen molar-refractivity contribution in [1.82, 2.24) is 5.32 Å². The number of carbonyl (C=O) groups excluding carboxylic acids is 3. The molecule has 0 saturated heterocycles. The number of esters is 1. The molecule has 0 aromatic heterocycles. The maximum atomic E-state index is 12.8. The molecule has 0 bridgehead atoms. The number of fused-ring (bicyclic) bond motifs is 5. The monoisotopic (exact) mass is 401 g/mol. The Labute approximate surface area is 174 Å². The first-order chi connectivity index (χ1) is 13.5. The summed E-state index contributed by atoms with van der Waals surface area (Å²) in [6, 6.07) is 0. The highest BCUT2D eigenvalue weighted by Crippen LogP contribution is 2.68. The van der Waals surface area contributed by atoms with Gasteiger partial charge in [-0.2, -0.15) is 0 Å². The van der Waals surface area contributed by atoms with Crippen LogP contribution in [0.1, 0.15) is 73.1 Å². The second-order valence-electron chi connectivity index (χ2n) is 10.5. The van der Waals surface area contributed by atoms with E-state index in [4.69, 9.17) is 4.74 Å². The normalized spacial score (nSPS) is 46.4. The molecule has 1 aliphatic heterocycles. The lowest BCUT2D eigenvalue weighted by molar-refractivity contribution is -0.187. The maximum Gasteiger partial charge on any atom is 0.303 e. The Morgan fingerprint density at radius 3 is 2.45 bits per heavy atom. The number of rotatable bonds is 2. The highest BCUT2D eigenvalue weighted by atomic mass is 16.6. The molecule has 0 aromatic rings. The van der Waals surface area contributed by atoms with Crippen LogP contribution in [-0.4, -0.2) is 29.8 Å². The summed E-state index contributed by atoms with van der Waals surface area (Å²) < 4.78 is 5.85. The van der Waals surface area contributed by atoms with E-state index in [0.29, 0.717) is 30.1 Å². The summed E-state index contributed by atoms with van der Waals surface area (Å²) in [5, 5.41) is 3.03. The third-order valence-corrected chi connectivity index (χ3v) is 9.31. The zero-order chi connectivity index (χ0) is 21.2. The smallest absolute Gasteiger partial charge is 0.303 e. The van der Waals surface area contributed by atoms with Crippen LogP contribution in [0.15, 0.2) is 11.6 Å². The molecule has 0 spiro atoms. The molecule has 0 aromatic carbocycles.